The van der Waals surface area contributed by atoms with E-state index in [0.717, 1.165) is 21.9 Å². The first kappa shape index (κ1) is 10.9. The lowest BCUT2D eigenvalue weighted by Gasteiger charge is -2.05. The molecule has 0 aliphatic carbocycles. The highest BCUT2D eigenvalue weighted by atomic mass is 32.1. The van der Waals surface area contributed by atoms with E-state index in [1.165, 1.54) is 11.3 Å². The Bertz CT molecular complexity index is 728. The molecule has 1 aromatic carbocycles. The maximum atomic E-state index is 11.2. The minimum Gasteiger partial charge on any atom is -0.477 e. The number of nitrogens with zero attached hydrogens (tertiary/aromatic N) is 1. The van der Waals surface area contributed by atoms with Crippen molar-refractivity contribution in [3.63, 3.8) is 0 Å². The fourth-order valence-electron chi connectivity index (χ4n) is 2.02. The lowest BCUT2D eigenvalue weighted by molar-refractivity contribution is 0.0703. The highest BCUT2D eigenvalue weighted by Crippen LogP contribution is 2.32. The number of carbonyl (C=O) groups is 1. The van der Waals surface area contributed by atoms with Crippen LogP contribution in [0, 0.1) is 0 Å². The van der Waals surface area contributed by atoms with Crippen molar-refractivity contribution in [3.05, 3.63) is 53.0 Å². The van der Waals surface area contributed by atoms with Gasteiger partial charge in [0.15, 0.2) is 0 Å². The Labute approximate surface area is 107 Å². The van der Waals surface area contributed by atoms with Crippen LogP contribution in [0.4, 0.5) is 0 Å². The molecule has 2 aromatic heterocycles. The number of aromatic carboxylic acids is 1. The van der Waals surface area contributed by atoms with Crippen LogP contribution in [0.25, 0.3) is 21.9 Å². The summed E-state index contributed by atoms with van der Waals surface area (Å²) in [6.07, 6.45) is 3.50. The average Bonchev–Trinajstić information content (AvgIpc) is 2.87. The van der Waals surface area contributed by atoms with Crippen LogP contribution in [-0.4, -0.2) is 16.1 Å². The van der Waals surface area contributed by atoms with E-state index in [9.17, 15) is 9.90 Å². The number of fused-ring (bicyclic) bond motifs is 1. The van der Waals surface area contributed by atoms with Crippen molar-refractivity contribution in [1.82, 2.24) is 4.98 Å². The Morgan fingerprint density at radius 2 is 1.94 bits per heavy atom. The summed E-state index contributed by atoms with van der Waals surface area (Å²) in [6.45, 7) is 0. The van der Waals surface area contributed by atoms with Crippen molar-refractivity contribution in [3.8, 4) is 11.1 Å². The minimum absolute atomic E-state index is 0.355. The Balaban J connectivity index is 2.32. The van der Waals surface area contributed by atoms with Crippen LogP contribution >= 0.6 is 11.3 Å². The Hall–Kier alpha value is -2.20. The first-order chi connectivity index (χ1) is 8.77. The lowest BCUT2D eigenvalue weighted by atomic mass is 10.0. The number of rotatable bonds is 2. The first-order valence-electron chi connectivity index (χ1n) is 5.41. The second-order valence-corrected chi connectivity index (χ2v) is 4.79. The van der Waals surface area contributed by atoms with E-state index >= 15 is 0 Å². The summed E-state index contributed by atoms with van der Waals surface area (Å²) in [5.74, 6) is -0.895. The molecule has 2 heterocycles. The highest BCUT2D eigenvalue weighted by Gasteiger charge is 2.15. The van der Waals surface area contributed by atoms with Crippen LogP contribution < -0.4 is 0 Å². The monoisotopic (exact) mass is 255 g/mol. The second-order valence-electron chi connectivity index (χ2n) is 3.88. The van der Waals surface area contributed by atoms with Gasteiger partial charge in [0.2, 0.25) is 0 Å². The minimum atomic E-state index is -0.895. The van der Waals surface area contributed by atoms with Gasteiger partial charge in [-0.1, -0.05) is 24.3 Å². The van der Waals surface area contributed by atoms with Gasteiger partial charge in [-0.3, -0.25) is 4.98 Å². The molecule has 0 saturated carbocycles. The zero-order valence-electron chi connectivity index (χ0n) is 9.33. The Morgan fingerprint density at radius 1 is 1.11 bits per heavy atom. The van der Waals surface area contributed by atoms with Crippen LogP contribution in [-0.2, 0) is 0 Å². The predicted octanol–water partition coefficient (Wildman–Crippen LogP) is 3.66. The zero-order chi connectivity index (χ0) is 12.5. The first-order valence-corrected chi connectivity index (χ1v) is 6.29. The molecule has 0 bridgehead atoms. The van der Waals surface area contributed by atoms with Gasteiger partial charge in [0, 0.05) is 28.9 Å². The summed E-state index contributed by atoms with van der Waals surface area (Å²) < 4.78 is 0. The van der Waals surface area contributed by atoms with Crippen molar-refractivity contribution < 1.29 is 9.90 Å². The zero-order valence-corrected chi connectivity index (χ0v) is 10.1. The van der Waals surface area contributed by atoms with Gasteiger partial charge in [-0.2, -0.15) is 0 Å². The van der Waals surface area contributed by atoms with Gasteiger partial charge < -0.3 is 5.11 Å². The van der Waals surface area contributed by atoms with Gasteiger partial charge in [0.25, 0.3) is 0 Å². The summed E-state index contributed by atoms with van der Waals surface area (Å²) in [7, 11) is 0. The number of aromatic nitrogens is 1. The summed E-state index contributed by atoms with van der Waals surface area (Å²) in [5, 5.41) is 13.0. The molecule has 0 saturated heterocycles. The molecule has 3 aromatic rings. The highest BCUT2D eigenvalue weighted by molar-refractivity contribution is 7.12. The van der Waals surface area contributed by atoms with Crippen LogP contribution in [0.1, 0.15) is 9.67 Å². The number of hydrogen-bond acceptors (Lipinski definition) is 3. The van der Waals surface area contributed by atoms with Gasteiger partial charge in [-0.15, -0.1) is 11.3 Å². The second kappa shape index (κ2) is 4.23. The number of carboxylic acids is 1. The van der Waals surface area contributed by atoms with Crippen molar-refractivity contribution in [2.45, 2.75) is 0 Å². The van der Waals surface area contributed by atoms with Crippen LogP contribution in [0.3, 0.4) is 0 Å². The van der Waals surface area contributed by atoms with Gasteiger partial charge >= 0.3 is 5.97 Å². The molecule has 88 valence electrons. The molecular formula is C14H9NO2S. The summed E-state index contributed by atoms with van der Waals surface area (Å²) >= 11 is 1.23. The third kappa shape index (κ3) is 1.67. The SMILES string of the molecule is O=C(O)c1sccc1-c1cncc2ccccc12. The van der Waals surface area contributed by atoms with E-state index in [1.807, 2.05) is 30.3 Å². The molecule has 0 atom stereocenters. The van der Waals surface area contributed by atoms with Crippen molar-refractivity contribution in [2.75, 3.05) is 0 Å². The molecule has 18 heavy (non-hydrogen) atoms. The third-order valence-electron chi connectivity index (χ3n) is 2.82. The van der Waals surface area contributed by atoms with E-state index in [0.29, 0.717) is 4.88 Å². The summed E-state index contributed by atoms with van der Waals surface area (Å²) in [5.41, 5.74) is 1.60. The number of thiophene rings is 1. The quantitative estimate of drug-likeness (QED) is 0.760. The Kier molecular flexibility index (Phi) is 2.57. The molecule has 0 unspecified atom stereocenters. The molecular weight excluding hydrogens is 246 g/mol. The van der Waals surface area contributed by atoms with Crippen LogP contribution in [0.5, 0.6) is 0 Å². The average molecular weight is 255 g/mol. The number of benzene rings is 1. The smallest absolute Gasteiger partial charge is 0.346 e. The standard InChI is InChI=1S/C14H9NO2S/c16-14(17)13-11(5-6-18-13)12-8-15-7-9-3-1-2-4-10(9)12/h1-8H,(H,16,17). The molecule has 0 aliphatic heterocycles. The topological polar surface area (TPSA) is 50.2 Å². The van der Waals surface area contributed by atoms with Gasteiger partial charge in [0.05, 0.1) is 0 Å². The number of pyridine rings is 1. The number of hydrogen-bond donors (Lipinski definition) is 1. The fraction of sp³-hybridized carbons (Fsp3) is 0. The van der Waals surface area contributed by atoms with E-state index in [1.54, 1.807) is 17.8 Å². The molecule has 0 spiro atoms. The van der Waals surface area contributed by atoms with E-state index in [2.05, 4.69) is 4.98 Å². The maximum Gasteiger partial charge on any atom is 0.346 e. The maximum absolute atomic E-state index is 11.2. The predicted molar refractivity (Wildman–Crippen MR) is 72.0 cm³/mol. The van der Waals surface area contributed by atoms with Gasteiger partial charge in [-0.05, 0) is 16.8 Å². The molecule has 0 fully saturated rings. The lowest BCUT2D eigenvalue weighted by Crippen LogP contribution is -1.95. The normalized spacial score (nSPS) is 10.7. The van der Waals surface area contributed by atoms with Crippen LogP contribution in [0.2, 0.25) is 0 Å². The van der Waals surface area contributed by atoms with E-state index < -0.39 is 5.97 Å². The molecule has 0 amide bonds. The molecule has 3 rings (SSSR count). The Morgan fingerprint density at radius 3 is 2.78 bits per heavy atom. The molecule has 4 heteroatoms. The fourth-order valence-corrected chi connectivity index (χ4v) is 2.76. The molecule has 3 nitrogen and oxygen atoms in total. The van der Waals surface area contributed by atoms with E-state index in [4.69, 9.17) is 0 Å². The molecule has 0 aliphatic rings. The largest absolute Gasteiger partial charge is 0.477 e. The number of carboxylic acid groups (broad SMARTS) is 1. The summed E-state index contributed by atoms with van der Waals surface area (Å²) in [4.78, 5) is 15.7. The third-order valence-corrected chi connectivity index (χ3v) is 3.72. The molecule has 0 radical (unpaired) electrons. The molecule has 1 N–H and O–H groups in total. The van der Waals surface area contributed by atoms with Crippen LogP contribution in [0.15, 0.2) is 48.1 Å². The van der Waals surface area contributed by atoms with Gasteiger partial charge in [0.1, 0.15) is 4.88 Å². The van der Waals surface area contributed by atoms with Crippen molar-refractivity contribution >= 4 is 28.1 Å². The van der Waals surface area contributed by atoms with E-state index in [-0.39, 0.29) is 0 Å². The van der Waals surface area contributed by atoms with Crippen molar-refractivity contribution in [2.24, 2.45) is 0 Å². The van der Waals surface area contributed by atoms with Crippen molar-refractivity contribution in [1.29, 1.82) is 0 Å². The summed E-state index contributed by atoms with van der Waals surface area (Å²) in [6, 6.07) is 9.67. The van der Waals surface area contributed by atoms with Gasteiger partial charge in [-0.25, -0.2) is 4.79 Å².